The Morgan fingerprint density at radius 1 is 1.65 bits per heavy atom. The molecule has 0 saturated carbocycles. The molecular weight excluding hydrogens is 349 g/mol. The summed E-state index contributed by atoms with van der Waals surface area (Å²) in [7, 11) is 1.88. The van der Waals surface area contributed by atoms with Gasteiger partial charge in [0.1, 0.15) is 0 Å². The second kappa shape index (κ2) is 5.63. The van der Waals surface area contributed by atoms with Gasteiger partial charge in [0, 0.05) is 31.6 Å². The molecule has 17 heavy (non-hydrogen) atoms. The van der Waals surface area contributed by atoms with Crippen LogP contribution in [0.4, 0.5) is 0 Å². The van der Waals surface area contributed by atoms with Crippen LogP contribution in [0, 0.1) is 2.88 Å². The Morgan fingerprint density at radius 3 is 3.06 bits per heavy atom. The van der Waals surface area contributed by atoms with Gasteiger partial charge in [-0.25, -0.2) is 0 Å². The van der Waals surface area contributed by atoms with E-state index in [-0.39, 0.29) is 5.91 Å². The minimum absolute atomic E-state index is 0.0138. The number of rotatable bonds is 4. The maximum atomic E-state index is 11.7. The Balaban J connectivity index is 1.81. The van der Waals surface area contributed by atoms with E-state index in [0.29, 0.717) is 6.54 Å². The Bertz CT molecular complexity index is 520. The summed E-state index contributed by atoms with van der Waals surface area (Å²) < 4.78 is 2.88. The van der Waals surface area contributed by atoms with Crippen LogP contribution in [0.3, 0.4) is 0 Å². The zero-order valence-electron chi connectivity index (χ0n) is 9.31. The predicted octanol–water partition coefficient (Wildman–Crippen LogP) is 2.06. The van der Waals surface area contributed by atoms with Crippen LogP contribution in [-0.2, 0) is 13.5 Å². The Labute approximate surface area is 117 Å². The largest absolute Gasteiger partial charge is 0.352 e. The molecule has 0 fully saturated rings. The monoisotopic (exact) mass is 361 g/mol. The van der Waals surface area contributed by atoms with Gasteiger partial charge in [-0.2, -0.15) is 5.10 Å². The predicted molar refractivity (Wildman–Crippen MR) is 76.3 cm³/mol. The lowest BCUT2D eigenvalue weighted by Crippen LogP contribution is -2.25. The molecular formula is C11H12IN3OS. The van der Waals surface area contributed by atoms with Crippen LogP contribution >= 0.6 is 33.9 Å². The van der Waals surface area contributed by atoms with Crippen LogP contribution in [0.2, 0.25) is 0 Å². The van der Waals surface area contributed by atoms with Gasteiger partial charge in [0.2, 0.25) is 0 Å². The molecule has 2 aromatic heterocycles. The van der Waals surface area contributed by atoms with Crippen molar-refractivity contribution >= 4 is 39.8 Å². The molecule has 0 aliphatic heterocycles. The molecule has 0 unspecified atom stereocenters. The van der Waals surface area contributed by atoms with Gasteiger partial charge in [0.15, 0.2) is 0 Å². The molecule has 1 amide bonds. The number of hydrogen-bond acceptors (Lipinski definition) is 3. The van der Waals surface area contributed by atoms with E-state index in [2.05, 4.69) is 33.0 Å². The second-order valence-corrected chi connectivity index (χ2v) is 6.43. The van der Waals surface area contributed by atoms with Crippen LogP contribution in [0.25, 0.3) is 0 Å². The van der Waals surface area contributed by atoms with Gasteiger partial charge in [-0.3, -0.25) is 9.48 Å². The standard InChI is InChI=1S/C11H12IN3OS/c1-15-5-3-9(14-15)2-4-13-11(16)8-6-10(12)17-7-8/h3,5-7H,2,4H2,1H3,(H,13,16). The smallest absolute Gasteiger partial charge is 0.252 e. The van der Waals surface area contributed by atoms with Crippen molar-refractivity contribution < 1.29 is 4.79 Å². The van der Waals surface area contributed by atoms with Crippen molar-refractivity contribution in [1.82, 2.24) is 15.1 Å². The Hall–Kier alpha value is -0.890. The SMILES string of the molecule is Cn1ccc(CCNC(=O)c2csc(I)c2)n1. The molecule has 0 atom stereocenters. The summed E-state index contributed by atoms with van der Waals surface area (Å²) >= 11 is 3.79. The van der Waals surface area contributed by atoms with Crippen molar-refractivity contribution in [1.29, 1.82) is 0 Å². The van der Waals surface area contributed by atoms with E-state index in [1.807, 2.05) is 30.8 Å². The van der Waals surface area contributed by atoms with Crippen molar-refractivity contribution in [3.63, 3.8) is 0 Å². The number of nitrogens with zero attached hydrogens (tertiary/aromatic N) is 2. The first-order valence-electron chi connectivity index (χ1n) is 5.16. The molecule has 2 rings (SSSR count). The van der Waals surface area contributed by atoms with Gasteiger partial charge < -0.3 is 5.32 Å². The minimum Gasteiger partial charge on any atom is -0.352 e. The summed E-state index contributed by atoms with van der Waals surface area (Å²) in [6.07, 6.45) is 2.66. The molecule has 0 saturated heterocycles. The number of nitrogens with one attached hydrogen (secondary N) is 1. The second-order valence-electron chi connectivity index (χ2n) is 3.63. The highest BCUT2D eigenvalue weighted by Crippen LogP contribution is 2.16. The van der Waals surface area contributed by atoms with Gasteiger partial charge in [-0.05, 0) is 34.7 Å². The van der Waals surface area contributed by atoms with Crippen LogP contribution in [0.5, 0.6) is 0 Å². The van der Waals surface area contributed by atoms with Crippen LogP contribution in [-0.4, -0.2) is 22.2 Å². The lowest BCUT2D eigenvalue weighted by Gasteiger charge is -2.01. The van der Waals surface area contributed by atoms with Crippen LogP contribution < -0.4 is 5.32 Å². The lowest BCUT2D eigenvalue weighted by molar-refractivity contribution is 0.0954. The molecule has 4 nitrogen and oxygen atoms in total. The summed E-state index contributed by atoms with van der Waals surface area (Å²) in [5, 5.41) is 9.01. The zero-order chi connectivity index (χ0) is 12.3. The number of carbonyl (C=O) groups is 1. The minimum atomic E-state index is -0.0138. The van der Waals surface area contributed by atoms with Crippen LogP contribution in [0.1, 0.15) is 16.1 Å². The van der Waals surface area contributed by atoms with Gasteiger partial charge in [-0.15, -0.1) is 11.3 Å². The lowest BCUT2D eigenvalue weighted by atomic mass is 10.3. The number of carbonyl (C=O) groups excluding carboxylic acids is 1. The van der Waals surface area contributed by atoms with Crippen molar-refractivity contribution in [2.75, 3.05) is 6.54 Å². The molecule has 2 aromatic rings. The highest BCUT2D eigenvalue weighted by molar-refractivity contribution is 14.1. The van der Waals surface area contributed by atoms with E-state index in [1.54, 1.807) is 16.0 Å². The molecule has 6 heteroatoms. The van der Waals surface area contributed by atoms with Crippen molar-refractivity contribution in [2.45, 2.75) is 6.42 Å². The number of amides is 1. The summed E-state index contributed by atoms with van der Waals surface area (Å²) in [6.45, 7) is 0.613. The number of aromatic nitrogens is 2. The molecule has 1 N–H and O–H groups in total. The third-order valence-electron chi connectivity index (χ3n) is 2.27. The molecule has 0 bridgehead atoms. The fourth-order valence-corrected chi connectivity index (χ4v) is 2.76. The maximum absolute atomic E-state index is 11.7. The molecule has 90 valence electrons. The fraction of sp³-hybridized carbons (Fsp3) is 0.273. The molecule has 2 heterocycles. The van der Waals surface area contributed by atoms with E-state index in [9.17, 15) is 4.79 Å². The maximum Gasteiger partial charge on any atom is 0.252 e. The third-order valence-corrected chi connectivity index (χ3v) is 4.05. The van der Waals surface area contributed by atoms with Gasteiger partial charge in [0.05, 0.1) is 14.1 Å². The van der Waals surface area contributed by atoms with Crippen molar-refractivity contribution in [2.24, 2.45) is 7.05 Å². The summed E-state index contributed by atoms with van der Waals surface area (Å²) in [5.74, 6) is -0.0138. The fourth-order valence-electron chi connectivity index (χ4n) is 1.43. The highest BCUT2D eigenvalue weighted by Gasteiger charge is 2.07. The molecule has 0 aliphatic carbocycles. The topological polar surface area (TPSA) is 46.9 Å². The van der Waals surface area contributed by atoms with E-state index in [0.717, 1.165) is 20.6 Å². The van der Waals surface area contributed by atoms with Crippen molar-refractivity contribution in [3.05, 3.63) is 37.9 Å². The van der Waals surface area contributed by atoms with E-state index < -0.39 is 0 Å². The van der Waals surface area contributed by atoms with Gasteiger partial charge in [0.25, 0.3) is 5.91 Å². The number of aryl methyl sites for hydroxylation is 1. The first-order chi connectivity index (χ1) is 8.15. The highest BCUT2D eigenvalue weighted by atomic mass is 127. The average molecular weight is 361 g/mol. The van der Waals surface area contributed by atoms with Crippen LogP contribution in [0.15, 0.2) is 23.7 Å². The van der Waals surface area contributed by atoms with E-state index in [1.165, 1.54) is 0 Å². The normalized spacial score (nSPS) is 10.5. The first-order valence-corrected chi connectivity index (χ1v) is 7.12. The van der Waals surface area contributed by atoms with E-state index in [4.69, 9.17) is 0 Å². The quantitative estimate of drug-likeness (QED) is 0.848. The molecule has 0 aromatic carbocycles. The summed E-state index contributed by atoms with van der Waals surface area (Å²) in [4.78, 5) is 11.7. The molecule has 0 spiro atoms. The Kier molecular flexibility index (Phi) is 4.16. The number of hydrogen-bond donors (Lipinski definition) is 1. The average Bonchev–Trinajstić information content (AvgIpc) is 2.88. The molecule has 0 radical (unpaired) electrons. The van der Waals surface area contributed by atoms with Crippen molar-refractivity contribution in [3.8, 4) is 0 Å². The third kappa shape index (κ3) is 3.53. The zero-order valence-corrected chi connectivity index (χ0v) is 12.3. The van der Waals surface area contributed by atoms with Gasteiger partial charge >= 0.3 is 0 Å². The summed E-state index contributed by atoms with van der Waals surface area (Å²) in [5.41, 5.74) is 1.73. The van der Waals surface area contributed by atoms with Gasteiger partial charge in [-0.1, -0.05) is 0 Å². The molecule has 0 aliphatic rings. The number of thiophene rings is 1. The van der Waals surface area contributed by atoms with E-state index >= 15 is 0 Å². The number of halogens is 1. The first kappa shape index (κ1) is 12.6. The Morgan fingerprint density at radius 2 is 2.47 bits per heavy atom. The summed E-state index contributed by atoms with van der Waals surface area (Å²) in [6, 6.07) is 3.85.